The third-order valence-electron chi connectivity index (χ3n) is 2.46. The van der Waals surface area contributed by atoms with E-state index in [-0.39, 0.29) is 6.03 Å². The summed E-state index contributed by atoms with van der Waals surface area (Å²) in [5.41, 5.74) is 0. The molecular weight excluding hydrogens is 242 g/mol. The fourth-order valence-corrected chi connectivity index (χ4v) is 1.44. The number of hydrogen-bond acceptors (Lipinski definition) is 3. The summed E-state index contributed by atoms with van der Waals surface area (Å²) in [7, 11) is 3.95. The first kappa shape index (κ1) is 15.3. The lowest BCUT2D eigenvalue weighted by atomic mass is 10.3. The lowest BCUT2D eigenvalue weighted by molar-refractivity contribution is 0.237. The number of carbonyl (C=O) groups excluding carboxylic acids is 1. The number of nitrogens with one attached hydrogen (secondary N) is 2. The molecular formula is C14H23N3O2. The van der Waals surface area contributed by atoms with E-state index in [1.807, 2.05) is 49.3 Å². The average molecular weight is 265 g/mol. The predicted molar refractivity (Wildman–Crippen MR) is 76.5 cm³/mol. The number of ether oxygens (including phenoxy) is 1. The van der Waals surface area contributed by atoms with E-state index in [0.717, 1.165) is 18.7 Å². The maximum atomic E-state index is 11.4. The monoisotopic (exact) mass is 265 g/mol. The molecule has 1 aromatic rings. The van der Waals surface area contributed by atoms with E-state index < -0.39 is 0 Å². The Labute approximate surface area is 114 Å². The number of nitrogens with zero attached hydrogens (tertiary/aromatic N) is 1. The van der Waals surface area contributed by atoms with E-state index in [1.54, 1.807) is 0 Å². The van der Waals surface area contributed by atoms with Crippen LogP contribution in [0.4, 0.5) is 4.79 Å². The molecule has 0 aliphatic heterocycles. The van der Waals surface area contributed by atoms with Crippen molar-refractivity contribution < 1.29 is 9.53 Å². The van der Waals surface area contributed by atoms with E-state index in [4.69, 9.17) is 4.74 Å². The largest absolute Gasteiger partial charge is 0.494 e. The summed E-state index contributed by atoms with van der Waals surface area (Å²) in [6.45, 7) is 2.70. The second kappa shape index (κ2) is 9.22. The normalized spacial score (nSPS) is 10.3. The molecule has 19 heavy (non-hydrogen) atoms. The van der Waals surface area contributed by atoms with Gasteiger partial charge in [0.05, 0.1) is 6.61 Å². The van der Waals surface area contributed by atoms with Crippen molar-refractivity contribution in [1.82, 2.24) is 15.5 Å². The van der Waals surface area contributed by atoms with Crippen LogP contribution in [-0.4, -0.2) is 51.3 Å². The molecule has 0 unspecified atom stereocenters. The first-order valence-electron chi connectivity index (χ1n) is 6.53. The molecule has 0 fully saturated rings. The zero-order chi connectivity index (χ0) is 13.9. The Morgan fingerprint density at radius 1 is 1.16 bits per heavy atom. The van der Waals surface area contributed by atoms with Crippen LogP contribution in [0, 0.1) is 0 Å². The molecule has 5 heteroatoms. The summed E-state index contributed by atoms with van der Waals surface area (Å²) < 4.78 is 5.52. The van der Waals surface area contributed by atoms with Crippen molar-refractivity contribution in [3.05, 3.63) is 30.3 Å². The van der Waals surface area contributed by atoms with Crippen molar-refractivity contribution in [1.29, 1.82) is 0 Å². The highest BCUT2D eigenvalue weighted by molar-refractivity contribution is 5.73. The third kappa shape index (κ3) is 8.05. The molecule has 2 amide bonds. The van der Waals surface area contributed by atoms with Crippen molar-refractivity contribution in [3.63, 3.8) is 0 Å². The second-order valence-electron chi connectivity index (χ2n) is 4.50. The van der Waals surface area contributed by atoms with Crippen LogP contribution in [-0.2, 0) is 0 Å². The van der Waals surface area contributed by atoms with Gasteiger partial charge in [0, 0.05) is 19.6 Å². The van der Waals surface area contributed by atoms with Gasteiger partial charge < -0.3 is 20.3 Å². The van der Waals surface area contributed by atoms with E-state index in [9.17, 15) is 4.79 Å². The Kier molecular flexibility index (Phi) is 7.43. The standard InChI is InChI=1S/C14H23N3O2/c1-17(2)11-10-16-14(18)15-9-6-12-19-13-7-4-3-5-8-13/h3-5,7-8H,6,9-12H2,1-2H3,(H2,15,16,18). The number of hydrogen-bond donors (Lipinski definition) is 2. The molecule has 0 aliphatic rings. The van der Waals surface area contributed by atoms with Crippen LogP contribution < -0.4 is 15.4 Å². The van der Waals surface area contributed by atoms with Gasteiger partial charge in [-0.25, -0.2) is 4.79 Å². The smallest absolute Gasteiger partial charge is 0.314 e. The van der Waals surface area contributed by atoms with Crippen LogP contribution in [0.2, 0.25) is 0 Å². The molecule has 5 nitrogen and oxygen atoms in total. The van der Waals surface area contributed by atoms with Gasteiger partial charge in [0.2, 0.25) is 0 Å². The molecule has 2 N–H and O–H groups in total. The molecule has 1 aromatic carbocycles. The molecule has 0 radical (unpaired) electrons. The van der Waals surface area contributed by atoms with Gasteiger partial charge in [-0.1, -0.05) is 18.2 Å². The number of para-hydroxylation sites is 1. The van der Waals surface area contributed by atoms with E-state index >= 15 is 0 Å². The molecule has 0 bridgehead atoms. The zero-order valence-corrected chi connectivity index (χ0v) is 11.7. The molecule has 0 aromatic heterocycles. The molecule has 0 heterocycles. The fraction of sp³-hybridized carbons (Fsp3) is 0.500. The minimum atomic E-state index is -0.124. The maximum absolute atomic E-state index is 11.4. The summed E-state index contributed by atoms with van der Waals surface area (Å²) in [6.07, 6.45) is 0.788. The Hall–Kier alpha value is -1.75. The Bertz CT molecular complexity index is 355. The molecule has 106 valence electrons. The SMILES string of the molecule is CN(C)CCNC(=O)NCCCOc1ccccc1. The molecule has 1 rings (SSSR count). The number of carbonyl (C=O) groups is 1. The number of amides is 2. The minimum absolute atomic E-state index is 0.124. The van der Waals surface area contributed by atoms with Crippen LogP contribution >= 0.6 is 0 Å². The minimum Gasteiger partial charge on any atom is -0.494 e. The lowest BCUT2D eigenvalue weighted by Crippen LogP contribution is -2.39. The number of rotatable bonds is 8. The third-order valence-corrected chi connectivity index (χ3v) is 2.46. The first-order valence-corrected chi connectivity index (χ1v) is 6.53. The van der Waals surface area contributed by atoms with Crippen LogP contribution in [0.25, 0.3) is 0 Å². The summed E-state index contributed by atoms with van der Waals surface area (Å²) in [5.74, 6) is 0.859. The highest BCUT2D eigenvalue weighted by atomic mass is 16.5. The maximum Gasteiger partial charge on any atom is 0.314 e. The Morgan fingerprint density at radius 2 is 1.84 bits per heavy atom. The molecule has 0 aliphatic carbocycles. The van der Waals surface area contributed by atoms with Crippen molar-refractivity contribution >= 4 is 6.03 Å². The van der Waals surface area contributed by atoms with Gasteiger partial charge in [-0.05, 0) is 32.6 Å². The highest BCUT2D eigenvalue weighted by Gasteiger charge is 1.99. The van der Waals surface area contributed by atoms with Crippen molar-refractivity contribution in [2.45, 2.75) is 6.42 Å². The van der Waals surface area contributed by atoms with Crippen molar-refractivity contribution in [3.8, 4) is 5.75 Å². The summed E-state index contributed by atoms with van der Waals surface area (Å²) in [6, 6.07) is 9.54. The predicted octanol–water partition coefficient (Wildman–Crippen LogP) is 1.32. The summed E-state index contributed by atoms with van der Waals surface area (Å²) in [4.78, 5) is 13.4. The highest BCUT2D eigenvalue weighted by Crippen LogP contribution is 2.07. The Morgan fingerprint density at radius 3 is 2.53 bits per heavy atom. The Balaban J connectivity index is 1.97. The summed E-state index contributed by atoms with van der Waals surface area (Å²) >= 11 is 0. The van der Waals surface area contributed by atoms with Crippen molar-refractivity contribution in [2.75, 3.05) is 40.3 Å². The topological polar surface area (TPSA) is 53.6 Å². The molecule has 0 spiro atoms. The fourth-order valence-electron chi connectivity index (χ4n) is 1.44. The molecule has 0 saturated heterocycles. The van der Waals surface area contributed by atoms with Gasteiger partial charge in [-0.3, -0.25) is 0 Å². The summed E-state index contributed by atoms with van der Waals surface area (Å²) in [5, 5.41) is 5.58. The number of likely N-dealkylation sites (N-methyl/N-ethyl adjacent to an activating group) is 1. The number of benzene rings is 1. The second-order valence-corrected chi connectivity index (χ2v) is 4.50. The lowest BCUT2D eigenvalue weighted by Gasteiger charge is -2.11. The van der Waals surface area contributed by atoms with Gasteiger partial charge in [0.15, 0.2) is 0 Å². The van der Waals surface area contributed by atoms with Crippen LogP contribution in [0.15, 0.2) is 30.3 Å². The zero-order valence-electron chi connectivity index (χ0n) is 11.7. The van der Waals surface area contributed by atoms with Crippen LogP contribution in [0.1, 0.15) is 6.42 Å². The molecule has 0 atom stereocenters. The van der Waals surface area contributed by atoms with Gasteiger partial charge in [0.25, 0.3) is 0 Å². The molecule has 0 saturated carbocycles. The van der Waals surface area contributed by atoms with Gasteiger partial charge in [-0.2, -0.15) is 0 Å². The quantitative estimate of drug-likeness (QED) is 0.697. The van der Waals surface area contributed by atoms with E-state index in [1.165, 1.54) is 0 Å². The van der Waals surface area contributed by atoms with Gasteiger partial charge in [0.1, 0.15) is 5.75 Å². The number of urea groups is 1. The van der Waals surface area contributed by atoms with Gasteiger partial charge in [-0.15, -0.1) is 0 Å². The van der Waals surface area contributed by atoms with Crippen LogP contribution in [0.5, 0.6) is 5.75 Å². The van der Waals surface area contributed by atoms with Crippen molar-refractivity contribution in [2.24, 2.45) is 0 Å². The van der Waals surface area contributed by atoms with E-state index in [0.29, 0.717) is 19.7 Å². The van der Waals surface area contributed by atoms with Crippen LogP contribution in [0.3, 0.4) is 0 Å². The first-order chi connectivity index (χ1) is 9.18. The van der Waals surface area contributed by atoms with Gasteiger partial charge >= 0.3 is 6.03 Å². The van der Waals surface area contributed by atoms with E-state index in [2.05, 4.69) is 10.6 Å². The average Bonchev–Trinajstić information content (AvgIpc) is 2.39.